The summed E-state index contributed by atoms with van der Waals surface area (Å²) in [6, 6.07) is 9.70. The van der Waals surface area contributed by atoms with Crippen LogP contribution in [0.3, 0.4) is 0 Å². The largest absolute Gasteiger partial charge is 0.414 e. The molecule has 1 N–H and O–H groups in total. The van der Waals surface area contributed by atoms with Gasteiger partial charge in [-0.1, -0.05) is 75.4 Å². The van der Waals surface area contributed by atoms with Crippen molar-refractivity contribution in [1.82, 2.24) is 0 Å². The van der Waals surface area contributed by atoms with Gasteiger partial charge in [-0.2, -0.15) is 0 Å². The highest BCUT2D eigenvalue weighted by atomic mass is 28.4. The van der Waals surface area contributed by atoms with Crippen LogP contribution in [-0.2, 0) is 4.43 Å². The lowest BCUT2D eigenvalue weighted by molar-refractivity contribution is 0.187. The summed E-state index contributed by atoms with van der Waals surface area (Å²) in [6.07, 6.45) is 11.0. The van der Waals surface area contributed by atoms with Crippen LogP contribution in [0.2, 0.25) is 18.1 Å². The molecule has 1 aromatic carbocycles. The lowest BCUT2D eigenvalue weighted by Gasteiger charge is -2.38. The van der Waals surface area contributed by atoms with Crippen molar-refractivity contribution in [3.8, 4) is 0 Å². The molecule has 0 aromatic heterocycles. The molecular formula is C22H36O2Si. The van der Waals surface area contributed by atoms with Gasteiger partial charge in [-0.05, 0) is 49.9 Å². The van der Waals surface area contributed by atoms with E-state index in [0.29, 0.717) is 6.10 Å². The number of unbranched alkanes of at least 4 members (excludes halogenated alkanes) is 1. The maximum atomic E-state index is 10.0. The molecule has 2 atom stereocenters. The highest BCUT2D eigenvalue weighted by Gasteiger charge is 2.38. The molecule has 0 heterocycles. The fourth-order valence-corrected chi connectivity index (χ4v) is 3.84. The first-order chi connectivity index (χ1) is 11.6. The molecule has 0 aliphatic heterocycles. The van der Waals surface area contributed by atoms with E-state index in [1.807, 2.05) is 48.6 Å². The van der Waals surface area contributed by atoms with Gasteiger partial charge in [0, 0.05) is 6.10 Å². The molecule has 0 spiro atoms. The van der Waals surface area contributed by atoms with Gasteiger partial charge in [-0.3, -0.25) is 0 Å². The van der Waals surface area contributed by atoms with Crippen molar-refractivity contribution >= 4 is 8.32 Å². The van der Waals surface area contributed by atoms with Crippen LogP contribution in [0.5, 0.6) is 0 Å². The molecule has 140 valence electrons. The standard InChI is InChI=1S/C22H36O2Si/c1-19(24-25(5,6)22(2,3)4)15-11-8-7-9-14-18-21(23)20-16-12-10-13-17-20/h7,9-10,12-14,16-19,21,23H,8,11,15H2,1-6H3/b9-7+,18-14+/t19-,21?/m1/s1. The van der Waals surface area contributed by atoms with Crippen molar-refractivity contribution in [2.75, 3.05) is 0 Å². The molecule has 0 aliphatic rings. The van der Waals surface area contributed by atoms with Crippen molar-refractivity contribution < 1.29 is 9.53 Å². The summed E-state index contributed by atoms with van der Waals surface area (Å²) in [5.74, 6) is 0. The number of hydrogen-bond donors (Lipinski definition) is 1. The summed E-state index contributed by atoms with van der Waals surface area (Å²) in [4.78, 5) is 0. The molecule has 0 saturated carbocycles. The first-order valence-corrected chi connectivity index (χ1v) is 12.3. The molecule has 0 aliphatic carbocycles. The Morgan fingerprint density at radius 3 is 2.36 bits per heavy atom. The predicted octanol–water partition coefficient (Wildman–Crippen LogP) is 6.41. The van der Waals surface area contributed by atoms with Gasteiger partial charge >= 0.3 is 0 Å². The molecule has 0 fully saturated rings. The topological polar surface area (TPSA) is 29.5 Å². The summed E-state index contributed by atoms with van der Waals surface area (Å²) in [5.41, 5.74) is 0.920. The Bertz CT molecular complexity index is 541. The SMILES string of the molecule is C[C@H](CCC/C=C/C=C/C(O)c1ccccc1)O[Si](C)(C)C(C)(C)C. The van der Waals surface area contributed by atoms with E-state index < -0.39 is 14.4 Å². The van der Waals surface area contributed by atoms with Gasteiger partial charge in [-0.25, -0.2) is 0 Å². The Labute approximate surface area is 155 Å². The molecule has 0 bridgehead atoms. The Morgan fingerprint density at radius 2 is 1.76 bits per heavy atom. The number of aliphatic hydroxyl groups excluding tert-OH is 1. The van der Waals surface area contributed by atoms with Crippen LogP contribution in [-0.4, -0.2) is 19.5 Å². The van der Waals surface area contributed by atoms with Crippen molar-refractivity contribution in [2.45, 2.75) is 77.3 Å². The normalized spacial score (nSPS) is 15.8. The molecule has 1 rings (SSSR count). The number of allylic oxidation sites excluding steroid dienone is 3. The van der Waals surface area contributed by atoms with Crippen LogP contribution in [0, 0.1) is 0 Å². The van der Waals surface area contributed by atoms with Crippen LogP contribution in [0.1, 0.15) is 58.6 Å². The van der Waals surface area contributed by atoms with Crippen LogP contribution < -0.4 is 0 Å². The molecule has 1 aromatic rings. The second-order valence-electron chi connectivity index (χ2n) is 8.29. The maximum Gasteiger partial charge on any atom is 0.192 e. The van der Waals surface area contributed by atoms with Gasteiger partial charge in [0.25, 0.3) is 0 Å². The van der Waals surface area contributed by atoms with Crippen molar-refractivity contribution in [3.05, 3.63) is 60.2 Å². The molecule has 2 nitrogen and oxygen atoms in total. The minimum atomic E-state index is -1.65. The van der Waals surface area contributed by atoms with E-state index in [0.717, 1.165) is 24.8 Å². The predicted molar refractivity (Wildman–Crippen MR) is 111 cm³/mol. The van der Waals surface area contributed by atoms with Crippen LogP contribution in [0.25, 0.3) is 0 Å². The van der Waals surface area contributed by atoms with E-state index in [2.05, 4.69) is 46.9 Å². The third-order valence-corrected chi connectivity index (χ3v) is 9.57. The highest BCUT2D eigenvalue weighted by Crippen LogP contribution is 2.37. The molecule has 25 heavy (non-hydrogen) atoms. The zero-order valence-electron chi connectivity index (χ0n) is 16.8. The zero-order chi connectivity index (χ0) is 18.9. The maximum absolute atomic E-state index is 10.0. The van der Waals surface area contributed by atoms with Crippen LogP contribution in [0.15, 0.2) is 54.6 Å². The molecule has 1 unspecified atom stereocenters. The third-order valence-electron chi connectivity index (χ3n) is 4.97. The molecule has 0 saturated heterocycles. The summed E-state index contributed by atoms with van der Waals surface area (Å²) >= 11 is 0. The van der Waals surface area contributed by atoms with E-state index in [1.54, 1.807) is 0 Å². The molecule has 0 amide bonds. The second-order valence-corrected chi connectivity index (χ2v) is 13.0. The van der Waals surface area contributed by atoms with Gasteiger partial charge in [0.2, 0.25) is 0 Å². The summed E-state index contributed by atoms with van der Waals surface area (Å²) in [7, 11) is -1.65. The van der Waals surface area contributed by atoms with Gasteiger partial charge in [-0.15, -0.1) is 0 Å². The lowest BCUT2D eigenvalue weighted by atomic mass is 10.1. The first kappa shape index (κ1) is 21.9. The molecule has 0 radical (unpaired) electrons. The Kier molecular flexibility index (Phi) is 8.84. The Morgan fingerprint density at radius 1 is 1.12 bits per heavy atom. The Hall–Kier alpha value is -1.16. The number of aliphatic hydroxyl groups is 1. The minimum Gasteiger partial charge on any atom is -0.414 e. The summed E-state index contributed by atoms with van der Waals surface area (Å²) in [5, 5.41) is 10.3. The quantitative estimate of drug-likeness (QED) is 0.313. The monoisotopic (exact) mass is 360 g/mol. The van der Waals surface area contributed by atoms with Gasteiger partial charge in [0.1, 0.15) is 0 Å². The summed E-state index contributed by atoms with van der Waals surface area (Å²) < 4.78 is 6.38. The summed E-state index contributed by atoms with van der Waals surface area (Å²) in [6.45, 7) is 13.7. The van der Waals surface area contributed by atoms with E-state index >= 15 is 0 Å². The number of hydrogen-bond acceptors (Lipinski definition) is 2. The van der Waals surface area contributed by atoms with Crippen LogP contribution >= 0.6 is 0 Å². The third kappa shape index (κ3) is 8.17. The first-order valence-electron chi connectivity index (χ1n) is 9.37. The average Bonchev–Trinajstić information content (AvgIpc) is 2.53. The van der Waals surface area contributed by atoms with Crippen LogP contribution in [0.4, 0.5) is 0 Å². The zero-order valence-corrected chi connectivity index (χ0v) is 17.8. The second kappa shape index (κ2) is 10.1. The van der Waals surface area contributed by atoms with E-state index in [1.165, 1.54) is 0 Å². The lowest BCUT2D eigenvalue weighted by Crippen LogP contribution is -2.43. The Balaban J connectivity index is 2.27. The minimum absolute atomic E-state index is 0.269. The van der Waals surface area contributed by atoms with E-state index in [9.17, 15) is 5.11 Å². The molecule has 3 heteroatoms. The van der Waals surface area contributed by atoms with Gasteiger partial charge in [0.15, 0.2) is 8.32 Å². The van der Waals surface area contributed by atoms with Crippen molar-refractivity contribution in [2.24, 2.45) is 0 Å². The van der Waals surface area contributed by atoms with Crippen molar-refractivity contribution in [3.63, 3.8) is 0 Å². The fraction of sp³-hybridized carbons (Fsp3) is 0.545. The average molecular weight is 361 g/mol. The smallest absolute Gasteiger partial charge is 0.192 e. The van der Waals surface area contributed by atoms with Gasteiger partial charge in [0.05, 0.1) is 6.10 Å². The van der Waals surface area contributed by atoms with E-state index in [-0.39, 0.29) is 5.04 Å². The number of rotatable bonds is 9. The fourth-order valence-electron chi connectivity index (χ4n) is 2.37. The number of benzene rings is 1. The van der Waals surface area contributed by atoms with E-state index in [4.69, 9.17) is 4.43 Å². The molecular weight excluding hydrogens is 324 g/mol. The highest BCUT2D eigenvalue weighted by molar-refractivity contribution is 6.74. The van der Waals surface area contributed by atoms with Gasteiger partial charge < -0.3 is 9.53 Å². The van der Waals surface area contributed by atoms with Crippen molar-refractivity contribution in [1.29, 1.82) is 0 Å².